The number of rotatable bonds is 5. The second-order valence-corrected chi connectivity index (χ2v) is 4.19. The molecule has 104 valence electrons. The number of nitrogens with two attached hydrogens (primary N) is 1. The predicted molar refractivity (Wildman–Crippen MR) is 73.9 cm³/mol. The Bertz CT molecular complexity index is 593. The van der Waals surface area contributed by atoms with Crippen LogP contribution in [0, 0.1) is 0 Å². The number of hydrogen-bond acceptors (Lipinski definition) is 3. The van der Waals surface area contributed by atoms with Crippen molar-refractivity contribution in [3.8, 4) is 0 Å². The maximum atomic E-state index is 11.8. The molecule has 1 aromatic carbocycles. The van der Waals surface area contributed by atoms with E-state index in [1.165, 1.54) is 6.26 Å². The molecule has 0 spiro atoms. The minimum absolute atomic E-state index is 0.0780. The molecule has 1 heterocycles. The van der Waals surface area contributed by atoms with Crippen LogP contribution in [-0.4, -0.2) is 11.9 Å². The number of carbonyl (C=O) groups excluding carboxylic acids is 2. The highest BCUT2D eigenvalue weighted by atomic mass is 16.3. The number of amides is 3. The number of urea groups is 1. The third-order valence-electron chi connectivity index (χ3n) is 2.63. The van der Waals surface area contributed by atoms with Crippen molar-refractivity contribution in [1.82, 2.24) is 5.32 Å². The minimum Gasteiger partial charge on any atom is -0.467 e. The quantitative estimate of drug-likeness (QED) is 0.772. The Hall–Kier alpha value is -2.76. The number of nitrogens with one attached hydrogen (secondary N) is 2. The van der Waals surface area contributed by atoms with Crippen LogP contribution < -0.4 is 16.4 Å². The normalized spacial score (nSPS) is 10.0. The fourth-order valence-corrected chi connectivity index (χ4v) is 1.73. The van der Waals surface area contributed by atoms with E-state index in [9.17, 15) is 9.59 Å². The van der Waals surface area contributed by atoms with Gasteiger partial charge in [-0.1, -0.05) is 18.2 Å². The third kappa shape index (κ3) is 3.88. The van der Waals surface area contributed by atoms with Gasteiger partial charge in [-0.05, 0) is 23.8 Å². The Kier molecular flexibility index (Phi) is 4.39. The first-order valence-corrected chi connectivity index (χ1v) is 6.08. The van der Waals surface area contributed by atoms with Crippen molar-refractivity contribution < 1.29 is 14.0 Å². The third-order valence-corrected chi connectivity index (χ3v) is 2.63. The van der Waals surface area contributed by atoms with Gasteiger partial charge < -0.3 is 20.8 Å². The molecule has 0 atom stereocenters. The van der Waals surface area contributed by atoms with E-state index in [1.54, 1.807) is 36.4 Å². The zero-order valence-corrected chi connectivity index (χ0v) is 10.8. The monoisotopic (exact) mass is 273 g/mol. The molecular formula is C14H15N3O3. The summed E-state index contributed by atoms with van der Waals surface area (Å²) in [6, 6.07) is 10.1. The molecule has 0 aliphatic heterocycles. The smallest absolute Gasteiger partial charge is 0.319 e. The van der Waals surface area contributed by atoms with Crippen molar-refractivity contribution in [2.24, 2.45) is 5.73 Å². The second kappa shape index (κ2) is 6.42. The van der Waals surface area contributed by atoms with Crippen molar-refractivity contribution in [1.29, 1.82) is 0 Å². The van der Waals surface area contributed by atoms with Gasteiger partial charge in [-0.3, -0.25) is 4.79 Å². The largest absolute Gasteiger partial charge is 0.467 e. The molecule has 3 amide bonds. The van der Waals surface area contributed by atoms with Gasteiger partial charge in [0.05, 0.1) is 19.2 Å². The summed E-state index contributed by atoms with van der Waals surface area (Å²) in [5.74, 6) is 0.209. The van der Waals surface area contributed by atoms with E-state index in [1.807, 2.05) is 0 Å². The number of hydrogen-bond donors (Lipinski definition) is 3. The van der Waals surface area contributed by atoms with Crippen molar-refractivity contribution >= 4 is 17.6 Å². The molecule has 0 saturated carbocycles. The van der Waals surface area contributed by atoms with Gasteiger partial charge in [0.2, 0.25) is 5.91 Å². The minimum atomic E-state index is -0.449. The predicted octanol–water partition coefficient (Wildman–Crippen LogP) is 1.63. The lowest BCUT2D eigenvalue weighted by Gasteiger charge is -2.10. The van der Waals surface area contributed by atoms with E-state index in [2.05, 4.69) is 10.6 Å². The average Bonchev–Trinajstić information content (AvgIpc) is 2.91. The zero-order chi connectivity index (χ0) is 14.4. The Balaban J connectivity index is 1.95. The molecule has 6 nitrogen and oxygen atoms in total. The number of furan rings is 1. The van der Waals surface area contributed by atoms with Crippen molar-refractivity contribution in [3.63, 3.8) is 0 Å². The summed E-state index contributed by atoms with van der Waals surface area (Å²) in [4.78, 5) is 22.7. The van der Waals surface area contributed by atoms with Crippen LogP contribution in [0.15, 0.2) is 47.1 Å². The van der Waals surface area contributed by atoms with E-state index in [4.69, 9.17) is 10.2 Å². The fourth-order valence-electron chi connectivity index (χ4n) is 1.73. The van der Waals surface area contributed by atoms with Crippen LogP contribution in [0.2, 0.25) is 0 Å². The second-order valence-electron chi connectivity index (χ2n) is 4.19. The van der Waals surface area contributed by atoms with Gasteiger partial charge in [0, 0.05) is 5.69 Å². The number of anilines is 1. The Morgan fingerprint density at radius 3 is 2.65 bits per heavy atom. The van der Waals surface area contributed by atoms with Crippen LogP contribution in [0.5, 0.6) is 0 Å². The summed E-state index contributed by atoms with van der Waals surface area (Å²) in [7, 11) is 0. The van der Waals surface area contributed by atoms with Crippen molar-refractivity contribution in [3.05, 3.63) is 54.0 Å². The number of carbonyl (C=O) groups is 2. The molecule has 1 aromatic heterocycles. The molecule has 2 aromatic rings. The highest BCUT2D eigenvalue weighted by Gasteiger charge is 2.08. The first-order chi connectivity index (χ1) is 9.65. The first-order valence-electron chi connectivity index (χ1n) is 6.08. The summed E-state index contributed by atoms with van der Waals surface area (Å²) in [6.45, 7) is 0.289. The lowest BCUT2D eigenvalue weighted by Crippen LogP contribution is -2.28. The van der Waals surface area contributed by atoms with E-state index in [0.717, 1.165) is 0 Å². The molecule has 0 unspecified atom stereocenters. The fraction of sp³-hybridized carbons (Fsp3) is 0.143. The lowest BCUT2D eigenvalue weighted by molar-refractivity contribution is -0.117. The van der Waals surface area contributed by atoms with E-state index in [-0.39, 0.29) is 19.0 Å². The lowest BCUT2D eigenvalue weighted by atomic mass is 10.1. The van der Waals surface area contributed by atoms with Crippen molar-refractivity contribution in [2.75, 3.05) is 5.32 Å². The van der Waals surface area contributed by atoms with Gasteiger partial charge in [-0.2, -0.15) is 0 Å². The number of primary amides is 1. The molecular weight excluding hydrogens is 258 g/mol. The molecule has 6 heteroatoms. The number of para-hydroxylation sites is 1. The summed E-state index contributed by atoms with van der Waals surface area (Å²) >= 11 is 0. The summed E-state index contributed by atoms with van der Waals surface area (Å²) < 4.78 is 5.11. The summed E-state index contributed by atoms with van der Waals surface area (Å²) in [6.07, 6.45) is 1.62. The van der Waals surface area contributed by atoms with Crippen LogP contribution in [-0.2, 0) is 17.8 Å². The molecule has 20 heavy (non-hydrogen) atoms. The van der Waals surface area contributed by atoms with E-state index in [0.29, 0.717) is 17.0 Å². The van der Waals surface area contributed by atoms with Gasteiger partial charge in [-0.15, -0.1) is 0 Å². The molecule has 0 radical (unpaired) electrons. The van der Waals surface area contributed by atoms with Crippen LogP contribution in [0.4, 0.5) is 10.5 Å². The molecule has 0 saturated heterocycles. The maximum absolute atomic E-state index is 11.8. The SMILES string of the molecule is NC(=O)Cc1ccccc1NC(=O)NCc1ccco1. The van der Waals surface area contributed by atoms with Gasteiger partial charge in [-0.25, -0.2) is 4.79 Å². The highest BCUT2D eigenvalue weighted by Crippen LogP contribution is 2.15. The zero-order valence-electron chi connectivity index (χ0n) is 10.8. The average molecular weight is 273 g/mol. The topological polar surface area (TPSA) is 97.4 Å². The van der Waals surface area contributed by atoms with Crippen LogP contribution in [0.25, 0.3) is 0 Å². The Morgan fingerprint density at radius 2 is 1.95 bits per heavy atom. The maximum Gasteiger partial charge on any atom is 0.319 e. The molecule has 0 aliphatic carbocycles. The summed E-state index contributed by atoms with van der Waals surface area (Å²) in [5, 5.41) is 5.33. The number of benzene rings is 1. The molecule has 4 N–H and O–H groups in total. The Labute approximate surface area is 116 Å². The highest BCUT2D eigenvalue weighted by molar-refractivity contribution is 5.91. The van der Waals surface area contributed by atoms with Crippen LogP contribution in [0.1, 0.15) is 11.3 Å². The van der Waals surface area contributed by atoms with Gasteiger partial charge in [0.25, 0.3) is 0 Å². The first kappa shape index (κ1) is 13.7. The molecule has 0 aliphatic rings. The molecule has 2 rings (SSSR count). The van der Waals surface area contributed by atoms with Gasteiger partial charge in [0.1, 0.15) is 5.76 Å². The van der Waals surface area contributed by atoms with Crippen LogP contribution in [0.3, 0.4) is 0 Å². The molecule has 0 bridgehead atoms. The van der Waals surface area contributed by atoms with E-state index >= 15 is 0 Å². The standard InChI is InChI=1S/C14H15N3O3/c15-13(18)8-10-4-1-2-6-12(10)17-14(19)16-9-11-5-3-7-20-11/h1-7H,8-9H2,(H2,15,18)(H2,16,17,19). The summed E-state index contributed by atoms with van der Waals surface area (Å²) in [5.41, 5.74) is 6.40. The van der Waals surface area contributed by atoms with Gasteiger partial charge >= 0.3 is 6.03 Å². The molecule has 0 fully saturated rings. The van der Waals surface area contributed by atoms with Gasteiger partial charge in [0.15, 0.2) is 0 Å². The Morgan fingerprint density at radius 1 is 1.15 bits per heavy atom. The van der Waals surface area contributed by atoms with Crippen molar-refractivity contribution in [2.45, 2.75) is 13.0 Å². The van der Waals surface area contributed by atoms with Crippen LogP contribution >= 0.6 is 0 Å². The van der Waals surface area contributed by atoms with E-state index < -0.39 is 5.91 Å².